The predicted octanol–water partition coefficient (Wildman–Crippen LogP) is 3.45. The molecule has 1 fully saturated rings. The summed E-state index contributed by atoms with van der Waals surface area (Å²) in [5, 5.41) is 11.9. The molecule has 2 aromatic rings. The minimum Gasteiger partial charge on any atom is -0.484 e. The van der Waals surface area contributed by atoms with Crippen molar-refractivity contribution in [3.63, 3.8) is 0 Å². The van der Waals surface area contributed by atoms with Gasteiger partial charge in [-0.2, -0.15) is 0 Å². The first kappa shape index (κ1) is 17.1. The molecule has 128 valence electrons. The third-order valence-electron chi connectivity index (χ3n) is 3.67. The Morgan fingerprint density at radius 2 is 2.04 bits per heavy atom. The van der Waals surface area contributed by atoms with E-state index in [0.29, 0.717) is 27.9 Å². The molecule has 6 nitrogen and oxygen atoms in total. The Kier molecular flexibility index (Phi) is 5.98. The summed E-state index contributed by atoms with van der Waals surface area (Å²) in [6, 6.07) is 7.34. The fourth-order valence-electron chi connectivity index (χ4n) is 2.50. The van der Waals surface area contributed by atoms with Crippen molar-refractivity contribution in [1.29, 1.82) is 0 Å². The molecule has 0 bridgehead atoms. The molecule has 1 aromatic heterocycles. The number of amides is 1. The third-order valence-corrected chi connectivity index (χ3v) is 4.74. The summed E-state index contributed by atoms with van der Waals surface area (Å²) in [5.74, 6) is 1.31. The van der Waals surface area contributed by atoms with Crippen LogP contribution in [0.1, 0.15) is 31.6 Å². The Bertz CT molecular complexity index is 671. The molecule has 8 heteroatoms. The molecule has 3 rings (SSSR count). The van der Waals surface area contributed by atoms with Crippen LogP contribution in [0.25, 0.3) is 0 Å². The molecule has 0 radical (unpaired) electrons. The van der Waals surface area contributed by atoms with E-state index in [1.54, 1.807) is 24.3 Å². The first-order valence-electron chi connectivity index (χ1n) is 7.82. The van der Waals surface area contributed by atoms with Gasteiger partial charge in [-0.3, -0.25) is 4.79 Å². The van der Waals surface area contributed by atoms with E-state index < -0.39 is 0 Å². The molecule has 1 amide bonds. The van der Waals surface area contributed by atoms with Gasteiger partial charge in [0.15, 0.2) is 6.61 Å². The zero-order chi connectivity index (χ0) is 16.8. The topological polar surface area (TPSA) is 77.2 Å². The lowest BCUT2D eigenvalue weighted by Crippen LogP contribution is -2.33. The summed E-state index contributed by atoms with van der Waals surface area (Å²) in [7, 11) is 0. The van der Waals surface area contributed by atoms with Crippen molar-refractivity contribution in [2.45, 2.75) is 43.6 Å². The second-order valence-electron chi connectivity index (χ2n) is 5.54. The quantitative estimate of drug-likeness (QED) is 0.755. The Balaban J connectivity index is 1.41. The molecule has 0 saturated heterocycles. The predicted molar refractivity (Wildman–Crippen MR) is 91.2 cm³/mol. The smallest absolute Gasteiger partial charge is 0.277 e. The van der Waals surface area contributed by atoms with Crippen LogP contribution in [0.4, 0.5) is 0 Å². The molecule has 1 saturated carbocycles. The van der Waals surface area contributed by atoms with Crippen molar-refractivity contribution in [1.82, 2.24) is 15.5 Å². The van der Waals surface area contributed by atoms with Crippen LogP contribution >= 0.6 is 23.4 Å². The third kappa shape index (κ3) is 5.14. The van der Waals surface area contributed by atoms with Gasteiger partial charge in [0, 0.05) is 11.1 Å². The summed E-state index contributed by atoms with van der Waals surface area (Å²) < 4.78 is 11.0. The number of carbonyl (C=O) groups excluding carboxylic acids is 1. The summed E-state index contributed by atoms with van der Waals surface area (Å²) in [4.78, 5) is 11.9. The molecule has 1 heterocycles. The minimum absolute atomic E-state index is 0.00376. The van der Waals surface area contributed by atoms with E-state index in [4.69, 9.17) is 20.8 Å². The standard InChI is InChI=1S/C16H18ClN3O3S/c17-11-5-7-13(8-6-11)22-9-15-19-20-16(23-15)24-10-14(21)18-12-3-1-2-4-12/h5-8,12H,1-4,9-10H2,(H,18,21). The number of ether oxygens (including phenoxy) is 1. The highest BCUT2D eigenvalue weighted by Crippen LogP contribution is 2.20. The Morgan fingerprint density at radius 1 is 1.29 bits per heavy atom. The second kappa shape index (κ2) is 8.39. The summed E-state index contributed by atoms with van der Waals surface area (Å²) in [6.45, 7) is 0.170. The van der Waals surface area contributed by atoms with Gasteiger partial charge in [-0.15, -0.1) is 10.2 Å². The normalized spacial score (nSPS) is 14.7. The fourth-order valence-corrected chi connectivity index (χ4v) is 3.22. The second-order valence-corrected chi connectivity index (χ2v) is 6.90. The molecule has 0 atom stereocenters. The Labute approximate surface area is 149 Å². The zero-order valence-electron chi connectivity index (χ0n) is 13.0. The number of rotatable bonds is 7. The van der Waals surface area contributed by atoms with Crippen molar-refractivity contribution in [2.24, 2.45) is 0 Å². The van der Waals surface area contributed by atoms with Crippen molar-refractivity contribution in [3.8, 4) is 5.75 Å². The summed E-state index contributed by atoms with van der Waals surface area (Å²) in [5.41, 5.74) is 0. The maximum Gasteiger partial charge on any atom is 0.277 e. The molecule has 0 spiro atoms. The highest BCUT2D eigenvalue weighted by atomic mass is 35.5. The van der Waals surface area contributed by atoms with Gasteiger partial charge in [0.25, 0.3) is 11.1 Å². The van der Waals surface area contributed by atoms with Gasteiger partial charge in [0.05, 0.1) is 5.75 Å². The number of hydrogen-bond donors (Lipinski definition) is 1. The fraction of sp³-hybridized carbons (Fsp3) is 0.438. The first-order valence-corrected chi connectivity index (χ1v) is 9.18. The molecule has 0 unspecified atom stereocenters. The molecule has 24 heavy (non-hydrogen) atoms. The number of thioether (sulfide) groups is 1. The molecule has 1 N–H and O–H groups in total. The number of aromatic nitrogens is 2. The SMILES string of the molecule is O=C(CSc1nnc(COc2ccc(Cl)cc2)o1)NC1CCCC1. The van der Waals surface area contributed by atoms with Crippen LogP contribution in [0.2, 0.25) is 5.02 Å². The van der Waals surface area contributed by atoms with E-state index in [-0.39, 0.29) is 18.3 Å². The van der Waals surface area contributed by atoms with Gasteiger partial charge in [0.2, 0.25) is 5.91 Å². The first-order chi connectivity index (χ1) is 11.7. The molecular weight excluding hydrogens is 350 g/mol. The molecule has 0 aliphatic heterocycles. The van der Waals surface area contributed by atoms with Crippen molar-refractivity contribution < 1.29 is 13.9 Å². The lowest BCUT2D eigenvalue weighted by Gasteiger charge is -2.10. The number of nitrogens with one attached hydrogen (secondary N) is 1. The van der Waals surface area contributed by atoms with Crippen molar-refractivity contribution in [3.05, 3.63) is 35.2 Å². The summed E-state index contributed by atoms with van der Waals surface area (Å²) >= 11 is 7.05. The maximum absolute atomic E-state index is 11.9. The minimum atomic E-state index is 0.00376. The summed E-state index contributed by atoms with van der Waals surface area (Å²) in [6.07, 6.45) is 4.53. The van der Waals surface area contributed by atoms with E-state index in [1.165, 1.54) is 24.6 Å². The highest BCUT2D eigenvalue weighted by molar-refractivity contribution is 7.99. The van der Waals surface area contributed by atoms with Crippen LogP contribution in [0, 0.1) is 0 Å². The number of nitrogens with zero attached hydrogens (tertiary/aromatic N) is 2. The van der Waals surface area contributed by atoms with Gasteiger partial charge >= 0.3 is 0 Å². The van der Waals surface area contributed by atoms with E-state index in [0.717, 1.165) is 12.8 Å². The van der Waals surface area contributed by atoms with E-state index in [1.807, 2.05) is 0 Å². The van der Waals surface area contributed by atoms with Crippen molar-refractivity contribution >= 4 is 29.3 Å². The Hall–Kier alpha value is -1.73. The number of hydrogen-bond acceptors (Lipinski definition) is 6. The average molecular weight is 368 g/mol. The van der Waals surface area contributed by atoms with E-state index in [9.17, 15) is 4.79 Å². The lowest BCUT2D eigenvalue weighted by molar-refractivity contribution is -0.119. The van der Waals surface area contributed by atoms with Crippen molar-refractivity contribution in [2.75, 3.05) is 5.75 Å². The van der Waals surface area contributed by atoms with E-state index >= 15 is 0 Å². The molecular formula is C16H18ClN3O3S. The lowest BCUT2D eigenvalue weighted by atomic mass is 10.2. The highest BCUT2D eigenvalue weighted by Gasteiger charge is 2.17. The number of halogens is 1. The van der Waals surface area contributed by atoms with Crippen LogP contribution in [-0.2, 0) is 11.4 Å². The monoisotopic (exact) mass is 367 g/mol. The molecule has 1 aromatic carbocycles. The zero-order valence-corrected chi connectivity index (χ0v) is 14.6. The number of benzene rings is 1. The van der Waals surface area contributed by atoms with Crippen LogP contribution < -0.4 is 10.1 Å². The van der Waals surface area contributed by atoms with Gasteiger partial charge < -0.3 is 14.5 Å². The molecule has 1 aliphatic rings. The van der Waals surface area contributed by atoms with Gasteiger partial charge in [0.1, 0.15) is 5.75 Å². The van der Waals surface area contributed by atoms with Crippen LogP contribution in [0.5, 0.6) is 5.75 Å². The molecule has 1 aliphatic carbocycles. The maximum atomic E-state index is 11.9. The van der Waals surface area contributed by atoms with Crippen LogP contribution in [0.15, 0.2) is 33.9 Å². The number of carbonyl (C=O) groups is 1. The van der Waals surface area contributed by atoms with Crippen LogP contribution in [0.3, 0.4) is 0 Å². The van der Waals surface area contributed by atoms with Gasteiger partial charge in [-0.1, -0.05) is 36.2 Å². The average Bonchev–Trinajstić information content (AvgIpc) is 3.24. The largest absolute Gasteiger partial charge is 0.484 e. The van der Waals surface area contributed by atoms with Crippen LogP contribution in [-0.4, -0.2) is 27.9 Å². The van der Waals surface area contributed by atoms with Gasteiger partial charge in [-0.05, 0) is 37.1 Å². The van der Waals surface area contributed by atoms with E-state index in [2.05, 4.69) is 15.5 Å². The Morgan fingerprint density at radius 3 is 2.79 bits per heavy atom. The van der Waals surface area contributed by atoms with Gasteiger partial charge in [-0.25, -0.2) is 0 Å².